The first kappa shape index (κ1) is 16.8. The zero-order valence-corrected chi connectivity index (χ0v) is 14.3. The van der Waals surface area contributed by atoms with Gasteiger partial charge in [-0.05, 0) is 29.5 Å². The largest absolute Gasteiger partial charge is 0.273 e. The third-order valence-corrected chi connectivity index (χ3v) is 5.23. The lowest BCUT2D eigenvalue weighted by atomic mass is 9.99. The van der Waals surface area contributed by atoms with Gasteiger partial charge in [-0.1, -0.05) is 31.2 Å². The normalized spacial score (nSPS) is 17.5. The van der Waals surface area contributed by atoms with Gasteiger partial charge in [0.1, 0.15) is 0 Å². The molecule has 3 nitrogen and oxygen atoms in total. The second kappa shape index (κ2) is 6.81. The van der Waals surface area contributed by atoms with E-state index in [9.17, 15) is 13.6 Å². The summed E-state index contributed by atoms with van der Waals surface area (Å²) in [6.07, 6.45) is -1.54. The Kier molecular flexibility index (Phi) is 4.76. The molecule has 1 atom stereocenters. The van der Waals surface area contributed by atoms with Gasteiger partial charge in [0.15, 0.2) is 0 Å². The van der Waals surface area contributed by atoms with Gasteiger partial charge >= 0.3 is 0 Å². The number of benzene rings is 1. The minimum absolute atomic E-state index is 0.0136. The summed E-state index contributed by atoms with van der Waals surface area (Å²) in [4.78, 5) is 13.4. The number of halogens is 2. The van der Waals surface area contributed by atoms with Crippen molar-refractivity contribution >= 4 is 23.0 Å². The van der Waals surface area contributed by atoms with E-state index in [1.165, 1.54) is 17.1 Å². The van der Waals surface area contributed by atoms with E-state index >= 15 is 0 Å². The van der Waals surface area contributed by atoms with Crippen molar-refractivity contribution in [3.05, 3.63) is 57.3 Å². The summed E-state index contributed by atoms with van der Waals surface area (Å²) in [5, 5.41) is 8.05. The van der Waals surface area contributed by atoms with Gasteiger partial charge in [-0.25, -0.2) is 13.8 Å². The number of hydrogen-bond acceptors (Lipinski definition) is 3. The van der Waals surface area contributed by atoms with Gasteiger partial charge in [0.2, 0.25) is 5.91 Å². The number of alkyl halides is 2. The van der Waals surface area contributed by atoms with Crippen LogP contribution in [-0.4, -0.2) is 16.6 Å². The lowest BCUT2D eigenvalue weighted by Gasteiger charge is -2.21. The fourth-order valence-corrected chi connectivity index (χ4v) is 3.75. The maximum atomic E-state index is 12.7. The molecule has 0 fully saturated rings. The number of hydrazone groups is 1. The number of carbonyl (C=O) groups excluding carboxylic acids is 1. The van der Waals surface area contributed by atoms with Crippen LogP contribution < -0.4 is 0 Å². The van der Waals surface area contributed by atoms with Crippen molar-refractivity contribution in [3.63, 3.8) is 0 Å². The number of nitrogens with zero attached hydrogens (tertiary/aromatic N) is 2. The molecule has 2 aromatic rings. The summed E-state index contributed by atoms with van der Waals surface area (Å²) in [6.45, 7) is 3.81. The maximum absolute atomic E-state index is 12.7. The van der Waals surface area contributed by atoms with Crippen LogP contribution in [-0.2, 0) is 4.79 Å². The first-order valence-electron chi connectivity index (χ1n) is 7.83. The van der Waals surface area contributed by atoms with E-state index in [4.69, 9.17) is 0 Å². The maximum Gasteiger partial charge on any atom is 0.263 e. The predicted octanol–water partition coefficient (Wildman–Crippen LogP) is 5.08. The third kappa shape index (κ3) is 3.11. The summed E-state index contributed by atoms with van der Waals surface area (Å²) in [5.41, 5.74) is 2.83. The molecule has 1 aliphatic rings. The summed E-state index contributed by atoms with van der Waals surface area (Å²) in [7, 11) is 0. The average molecular weight is 348 g/mol. The van der Waals surface area contributed by atoms with Crippen LogP contribution in [0, 0.1) is 6.92 Å². The molecule has 126 valence electrons. The van der Waals surface area contributed by atoms with Crippen LogP contribution in [0.25, 0.3) is 0 Å². The van der Waals surface area contributed by atoms with E-state index in [1.54, 1.807) is 30.4 Å². The SMILES string of the molecule is CCC(=O)N1N=C(c2sccc2C)CC1c1ccc(C(F)F)cc1. The number of thiophene rings is 1. The molecule has 0 radical (unpaired) electrons. The molecule has 0 saturated heterocycles. The molecule has 3 rings (SSSR count). The van der Waals surface area contributed by atoms with E-state index in [-0.39, 0.29) is 17.5 Å². The molecule has 0 aliphatic carbocycles. The van der Waals surface area contributed by atoms with Crippen LogP contribution in [0.4, 0.5) is 8.78 Å². The zero-order chi connectivity index (χ0) is 17.3. The summed E-state index contributed by atoms with van der Waals surface area (Å²) in [5.74, 6) is -0.0675. The molecule has 2 heterocycles. The Morgan fingerprint density at radius 1 is 1.33 bits per heavy atom. The highest BCUT2D eigenvalue weighted by Crippen LogP contribution is 2.35. The van der Waals surface area contributed by atoms with Crippen LogP contribution in [0.5, 0.6) is 0 Å². The molecular formula is C18H18F2N2OS. The molecule has 1 amide bonds. The molecule has 0 N–H and O–H groups in total. The minimum atomic E-state index is -2.49. The Morgan fingerprint density at radius 2 is 2.04 bits per heavy atom. The molecule has 24 heavy (non-hydrogen) atoms. The van der Waals surface area contributed by atoms with E-state index in [2.05, 4.69) is 5.10 Å². The van der Waals surface area contributed by atoms with Crippen molar-refractivity contribution in [3.8, 4) is 0 Å². The third-order valence-electron chi connectivity index (χ3n) is 4.17. The first-order valence-corrected chi connectivity index (χ1v) is 8.71. The van der Waals surface area contributed by atoms with Gasteiger partial charge in [-0.3, -0.25) is 4.79 Å². The zero-order valence-electron chi connectivity index (χ0n) is 13.5. The molecule has 1 aromatic carbocycles. The quantitative estimate of drug-likeness (QED) is 0.758. The van der Waals surface area contributed by atoms with Crippen molar-refractivity contribution in [1.29, 1.82) is 0 Å². The minimum Gasteiger partial charge on any atom is -0.273 e. The highest BCUT2D eigenvalue weighted by Gasteiger charge is 2.33. The highest BCUT2D eigenvalue weighted by atomic mass is 32.1. The molecule has 0 spiro atoms. The fraction of sp³-hybridized carbons (Fsp3) is 0.333. The standard InChI is InChI=1S/C18H18F2N2OS/c1-3-16(23)22-15(12-4-6-13(7-5-12)18(19)20)10-14(21-22)17-11(2)8-9-24-17/h4-9,15,18H,3,10H2,1-2H3. The molecule has 0 saturated carbocycles. The van der Waals surface area contributed by atoms with Gasteiger partial charge in [-0.2, -0.15) is 5.10 Å². The lowest BCUT2D eigenvalue weighted by Crippen LogP contribution is -2.26. The molecule has 1 unspecified atom stereocenters. The van der Waals surface area contributed by atoms with Crippen molar-refractivity contribution < 1.29 is 13.6 Å². The average Bonchev–Trinajstić information content (AvgIpc) is 3.20. The summed E-state index contributed by atoms with van der Waals surface area (Å²) in [6, 6.07) is 7.97. The van der Waals surface area contributed by atoms with Crippen molar-refractivity contribution in [1.82, 2.24) is 5.01 Å². The van der Waals surface area contributed by atoms with E-state index in [1.807, 2.05) is 18.4 Å². The van der Waals surface area contributed by atoms with Gasteiger partial charge in [0, 0.05) is 18.4 Å². The Hall–Kier alpha value is -2.08. The fourth-order valence-electron chi connectivity index (χ4n) is 2.83. The molecule has 1 aliphatic heterocycles. The lowest BCUT2D eigenvalue weighted by molar-refractivity contribution is -0.132. The molecular weight excluding hydrogens is 330 g/mol. The Labute approximate surface area is 143 Å². The Bertz CT molecular complexity index is 768. The number of rotatable bonds is 4. The van der Waals surface area contributed by atoms with E-state index in [0.29, 0.717) is 12.8 Å². The van der Waals surface area contributed by atoms with Crippen molar-refractivity contribution in [2.24, 2.45) is 5.10 Å². The van der Waals surface area contributed by atoms with Gasteiger partial charge in [0.25, 0.3) is 6.43 Å². The molecule has 6 heteroatoms. The highest BCUT2D eigenvalue weighted by molar-refractivity contribution is 7.12. The number of hydrogen-bond donors (Lipinski definition) is 0. The van der Waals surface area contributed by atoms with E-state index in [0.717, 1.165) is 21.7 Å². The van der Waals surface area contributed by atoms with Crippen LogP contribution in [0.3, 0.4) is 0 Å². The van der Waals surface area contributed by atoms with Crippen LogP contribution >= 0.6 is 11.3 Å². The van der Waals surface area contributed by atoms with Gasteiger partial charge in [-0.15, -0.1) is 11.3 Å². The Morgan fingerprint density at radius 3 is 2.58 bits per heavy atom. The first-order chi connectivity index (χ1) is 11.5. The molecule has 0 bridgehead atoms. The van der Waals surface area contributed by atoms with Crippen LogP contribution in [0.2, 0.25) is 0 Å². The van der Waals surface area contributed by atoms with E-state index < -0.39 is 6.43 Å². The second-order valence-electron chi connectivity index (χ2n) is 5.76. The number of aryl methyl sites for hydroxylation is 1. The second-order valence-corrected chi connectivity index (χ2v) is 6.67. The predicted molar refractivity (Wildman–Crippen MR) is 91.5 cm³/mol. The summed E-state index contributed by atoms with van der Waals surface area (Å²) >= 11 is 1.60. The van der Waals surface area contributed by atoms with Gasteiger partial charge in [0.05, 0.1) is 16.6 Å². The number of carbonyl (C=O) groups is 1. The number of amides is 1. The topological polar surface area (TPSA) is 32.7 Å². The summed E-state index contributed by atoms with van der Waals surface area (Å²) < 4.78 is 25.5. The molecule has 1 aromatic heterocycles. The van der Waals surface area contributed by atoms with Gasteiger partial charge < -0.3 is 0 Å². The van der Waals surface area contributed by atoms with Crippen molar-refractivity contribution in [2.75, 3.05) is 0 Å². The monoisotopic (exact) mass is 348 g/mol. The Balaban J connectivity index is 1.92. The smallest absolute Gasteiger partial charge is 0.263 e. The van der Waals surface area contributed by atoms with Crippen molar-refractivity contribution in [2.45, 2.75) is 39.2 Å². The van der Waals surface area contributed by atoms with Crippen LogP contribution in [0.1, 0.15) is 53.8 Å². The van der Waals surface area contributed by atoms with Crippen LogP contribution in [0.15, 0.2) is 40.8 Å².